The van der Waals surface area contributed by atoms with Crippen molar-refractivity contribution in [3.63, 3.8) is 0 Å². The molecule has 2 amide bonds. The molecule has 1 saturated heterocycles. The largest absolute Gasteiger partial charge is 0.480 e. The van der Waals surface area contributed by atoms with Gasteiger partial charge in [0.05, 0.1) is 0 Å². The van der Waals surface area contributed by atoms with Gasteiger partial charge in [0.25, 0.3) is 5.24 Å². The van der Waals surface area contributed by atoms with Crippen LogP contribution in [0.3, 0.4) is 0 Å². The lowest BCUT2D eigenvalue weighted by Gasteiger charge is -2.21. The average Bonchev–Trinajstić information content (AvgIpc) is 2.71. The maximum absolute atomic E-state index is 11.7. The molecule has 96 valence electrons. The zero-order valence-corrected chi connectivity index (χ0v) is 10.5. The van der Waals surface area contributed by atoms with Gasteiger partial charge < -0.3 is 15.7 Å². The maximum atomic E-state index is 11.7. The predicted molar refractivity (Wildman–Crippen MR) is 63.8 cm³/mol. The van der Waals surface area contributed by atoms with Crippen LogP contribution < -0.4 is 10.6 Å². The average molecular weight is 260 g/mol. The second-order valence-electron chi connectivity index (χ2n) is 4.01. The van der Waals surface area contributed by atoms with Crippen LogP contribution in [0.5, 0.6) is 0 Å². The lowest BCUT2D eigenvalue weighted by Crippen LogP contribution is -2.51. The summed E-state index contributed by atoms with van der Waals surface area (Å²) in [6.45, 7) is 3.63. The molecule has 1 fully saturated rings. The van der Waals surface area contributed by atoms with E-state index in [9.17, 15) is 14.4 Å². The van der Waals surface area contributed by atoms with Crippen molar-refractivity contribution in [2.75, 3.05) is 5.75 Å². The Morgan fingerprint density at radius 1 is 1.65 bits per heavy atom. The van der Waals surface area contributed by atoms with Gasteiger partial charge in [0.15, 0.2) is 0 Å². The molecule has 7 heteroatoms. The summed E-state index contributed by atoms with van der Waals surface area (Å²) in [5.74, 6) is -1.29. The number of carboxylic acid groups (broad SMARTS) is 1. The number of amides is 2. The van der Waals surface area contributed by atoms with E-state index >= 15 is 0 Å². The number of carboxylic acids is 1. The molecule has 0 aromatic carbocycles. The Morgan fingerprint density at radius 2 is 2.29 bits per heavy atom. The standard InChI is InChI=1S/C10H16N2O4S/c1-3-5(2)7(9(14)15)12-8(13)6-4-17-10(16)11-6/h5-7H,3-4H2,1-2H3,(H,11,16)(H,12,13)(H,14,15)/t5?,6?,7-/m0/s1. The number of hydrogen-bond donors (Lipinski definition) is 3. The number of rotatable bonds is 5. The van der Waals surface area contributed by atoms with Crippen LogP contribution in [0.1, 0.15) is 20.3 Å². The van der Waals surface area contributed by atoms with Crippen molar-refractivity contribution in [3.8, 4) is 0 Å². The number of nitrogens with one attached hydrogen (secondary N) is 2. The minimum absolute atomic E-state index is 0.152. The van der Waals surface area contributed by atoms with Crippen molar-refractivity contribution >= 4 is 28.9 Å². The van der Waals surface area contributed by atoms with E-state index in [0.717, 1.165) is 11.8 Å². The second kappa shape index (κ2) is 5.90. The smallest absolute Gasteiger partial charge is 0.326 e. The first-order chi connectivity index (χ1) is 7.95. The fourth-order valence-corrected chi connectivity index (χ4v) is 2.24. The topological polar surface area (TPSA) is 95.5 Å². The third-order valence-corrected chi connectivity index (χ3v) is 3.65. The van der Waals surface area contributed by atoms with Crippen molar-refractivity contribution in [3.05, 3.63) is 0 Å². The normalized spacial score (nSPS) is 22.7. The second-order valence-corrected chi connectivity index (χ2v) is 5.00. The third-order valence-electron chi connectivity index (χ3n) is 2.77. The van der Waals surface area contributed by atoms with Crippen LogP contribution in [-0.2, 0) is 9.59 Å². The molecule has 2 unspecified atom stereocenters. The summed E-state index contributed by atoms with van der Waals surface area (Å²) in [6.07, 6.45) is 0.656. The SMILES string of the molecule is CCC(C)[C@H](NC(=O)C1CSC(=O)N1)C(=O)O. The molecular formula is C10H16N2O4S. The molecule has 0 aliphatic carbocycles. The summed E-state index contributed by atoms with van der Waals surface area (Å²) in [5, 5.41) is 13.7. The van der Waals surface area contributed by atoms with Crippen molar-refractivity contribution < 1.29 is 19.5 Å². The third kappa shape index (κ3) is 3.62. The first-order valence-corrected chi connectivity index (χ1v) is 6.40. The van der Waals surface area contributed by atoms with Gasteiger partial charge in [-0.15, -0.1) is 0 Å². The minimum Gasteiger partial charge on any atom is -0.480 e. The van der Waals surface area contributed by atoms with Gasteiger partial charge in [0.1, 0.15) is 12.1 Å². The molecule has 1 heterocycles. The van der Waals surface area contributed by atoms with Crippen LogP contribution in [0.25, 0.3) is 0 Å². The molecule has 0 aromatic rings. The summed E-state index contributed by atoms with van der Waals surface area (Å²) in [7, 11) is 0. The molecule has 3 N–H and O–H groups in total. The molecule has 3 atom stereocenters. The Bertz CT molecular complexity index is 334. The van der Waals surface area contributed by atoms with Crippen molar-refractivity contribution in [1.82, 2.24) is 10.6 Å². The Labute approximate surface area is 104 Å². The van der Waals surface area contributed by atoms with E-state index in [1.165, 1.54) is 0 Å². The van der Waals surface area contributed by atoms with Gasteiger partial charge in [0, 0.05) is 5.75 Å². The predicted octanol–water partition coefficient (Wildman–Crippen LogP) is 0.427. The van der Waals surface area contributed by atoms with Gasteiger partial charge in [-0.05, 0) is 5.92 Å². The fraction of sp³-hybridized carbons (Fsp3) is 0.700. The molecule has 6 nitrogen and oxygen atoms in total. The molecule has 0 saturated carbocycles. The van der Waals surface area contributed by atoms with E-state index in [-0.39, 0.29) is 11.2 Å². The first kappa shape index (κ1) is 13.8. The van der Waals surface area contributed by atoms with Crippen molar-refractivity contribution in [1.29, 1.82) is 0 Å². The van der Waals surface area contributed by atoms with Crippen LogP contribution >= 0.6 is 11.8 Å². The molecule has 0 radical (unpaired) electrons. The Balaban J connectivity index is 2.58. The van der Waals surface area contributed by atoms with Crippen molar-refractivity contribution in [2.24, 2.45) is 5.92 Å². The maximum Gasteiger partial charge on any atom is 0.326 e. The molecule has 17 heavy (non-hydrogen) atoms. The summed E-state index contributed by atoms with van der Waals surface area (Å²) in [4.78, 5) is 33.7. The Hall–Kier alpha value is -1.24. The van der Waals surface area contributed by atoms with Crippen LogP contribution in [0.2, 0.25) is 0 Å². The molecule has 1 rings (SSSR count). The Morgan fingerprint density at radius 3 is 2.71 bits per heavy atom. The van der Waals surface area contributed by atoms with E-state index < -0.39 is 24.0 Å². The lowest BCUT2D eigenvalue weighted by molar-refractivity contribution is -0.143. The van der Waals surface area contributed by atoms with Gasteiger partial charge in [0.2, 0.25) is 5.91 Å². The molecule has 1 aliphatic rings. The quantitative estimate of drug-likeness (QED) is 0.666. The van der Waals surface area contributed by atoms with E-state index in [4.69, 9.17) is 5.11 Å². The van der Waals surface area contributed by atoms with E-state index in [1.807, 2.05) is 6.92 Å². The zero-order chi connectivity index (χ0) is 13.0. The zero-order valence-electron chi connectivity index (χ0n) is 9.73. The molecule has 0 spiro atoms. The summed E-state index contributed by atoms with van der Waals surface area (Å²) in [6, 6.07) is -1.53. The van der Waals surface area contributed by atoms with Crippen LogP contribution in [0.4, 0.5) is 4.79 Å². The highest BCUT2D eigenvalue weighted by atomic mass is 32.2. The molecular weight excluding hydrogens is 244 g/mol. The van der Waals surface area contributed by atoms with Crippen LogP contribution in [-0.4, -0.2) is 40.1 Å². The monoisotopic (exact) mass is 260 g/mol. The van der Waals surface area contributed by atoms with Gasteiger partial charge in [-0.3, -0.25) is 9.59 Å². The number of aliphatic carboxylic acids is 1. The summed E-state index contributed by atoms with van der Waals surface area (Å²) in [5.41, 5.74) is 0. The number of carbonyl (C=O) groups excluding carboxylic acids is 2. The fourth-order valence-electron chi connectivity index (χ4n) is 1.46. The molecule has 1 aliphatic heterocycles. The summed E-state index contributed by atoms with van der Waals surface area (Å²) >= 11 is 1.03. The number of hydrogen-bond acceptors (Lipinski definition) is 4. The number of carbonyl (C=O) groups is 3. The Kier molecular flexibility index (Phi) is 4.80. The molecule has 0 aromatic heterocycles. The van der Waals surface area contributed by atoms with E-state index in [0.29, 0.717) is 12.2 Å². The van der Waals surface area contributed by atoms with E-state index in [1.54, 1.807) is 6.92 Å². The summed E-state index contributed by atoms with van der Waals surface area (Å²) < 4.78 is 0. The van der Waals surface area contributed by atoms with Crippen LogP contribution in [0.15, 0.2) is 0 Å². The molecule has 0 bridgehead atoms. The highest BCUT2D eigenvalue weighted by Crippen LogP contribution is 2.14. The number of thioether (sulfide) groups is 1. The van der Waals surface area contributed by atoms with E-state index in [2.05, 4.69) is 10.6 Å². The van der Waals surface area contributed by atoms with Gasteiger partial charge in [-0.1, -0.05) is 32.0 Å². The van der Waals surface area contributed by atoms with Crippen molar-refractivity contribution in [2.45, 2.75) is 32.4 Å². The highest BCUT2D eigenvalue weighted by molar-refractivity contribution is 8.14. The van der Waals surface area contributed by atoms with Gasteiger partial charge in [-0.25, -0.2) is 4.79 Å². The van der Waals surface area contributed by atoms with Gasteiger partial charge in [-0.2, -0.15) is 0 Å². The van der Waals surface area contributed by atoms with Gasteiger partial charge >= 0.3 is 5.97 Å². The lowest BCUT2D eigenvalue weighted by atomic mass is 9.99. The van der Waals surface area contributed by atoms with Crippen LogP contribution in [0, 0.1) is 5.92 Å². The highest BCUT2D eigenvalue weighted by Gasteiger charge is 2.32. The first-order valence-electron chi connectivity index (χ1n) is 5.42. The minimum atomic E-state index is -1.05.